The fraction of sp³-hybridized carbons (Fsp3) is 0.143. The number of rotatable bonds is 4. The van der Waals surface area contributed by atoms with Crippen molar-refractivity contribution >= 4 is 23.4 Å². The van der Waals surface area contributed by atoms with Crippen LogP contribution in [-0.4, -0.2) is 26.8 Å². The van der Waals surface area contributed by atoms with Crippen molar-refractivity contribution < 1.29 is 13.9 Å². The summed E-state index contributed by atoms with van der Waals surface area (Å²) in [6.07, 6.45) is 0.915. The lowest BCUT2D eigenvalue weighted by molar-refractivity contribution is -0.118. The van der Waals surface area contributed by atoms with Gasteiger partial charge in [-0.15, -0.1) is 16.8 Å². The normalized spacial score (nSPS) is 15.0. The van der Waals surface area contributed by atoms with Gasteiger partial charge < -0.3 is 4.74 Å². The van der Waals surface area contributed by atoms with Crippen molar-refractivity contribution in [2.75, 3.05) is 10.7 Å². The third-order valence-electron chi connectivity index (χ3n) is 4.34. The molecule has 0 aliphatic carbocycles. The molecule has 29 heavy (non-hydrogen) atoms. The Labute approximate surface area is 171 Å². The zero-order valence-corrected chi connectivity index (χ0v) is 16.4. The number of anilines is 1. The van der Waals surface area contributed by atoms with Crippen LogP contribution in [0, 0.1) is 5.82 Å². The summed E-state index contributed by atoms with van der Waals surface area (Å²) in [7, 11) is 0. The molecule has 0 spiro atoms. The highest BCUT2D eigenvalue weighted by atomic mass is 32.2. The first kappa shape index (κ1) is 19.1. The van der Waals surface area contributed by atoms with Crippen LogP contribution in [-0.2, 0) is 4.79 Å². The minimum Gasteiger partial charge on any atom is -0.447 e. The van der Waals surface area contributed by atoms with Crippen molar-refractivity contribution in [3.63, 3.8) is 0 Å². The van der Waals surface area contributed by atoms with Crippen LogP contribution in [0.4, 0.5) is 10.1 Å². The van der Waals surface area contributed by atoms with Gasteiger partial charge in [-0.25, -0.2) is 4.39 Å². The Morgan fingerprint density at radius 3 is 2.72 bits per heavy atom. The smallest absolute Gasteiger partial charge is 0.247 e. The fourth-order valence-corrected chi connectivity index (χ4v) is 3.60. The number of thioether (sulfide) groups is 1. The summed E-state index contributed by atoms with van der Waals surface area (Å²) in [6, 6.07) is 13.2. The SMILES string of the molecule is C=CCSc1nnc2c(n1)OC(c1ccc(F)cc1)N(C(C)=O)c1ccccc1-2. The number of hydrogen-bond donors (Lipinski definition) is 0. The zero-order chi connectivity index (χ0) is 20.4. The lowest BCUT2D eigenvalue weighted by Crippen LogP contribution is -2.36. The van der Waals surface area contributed by atoms with E-state index in [1.807, 2.05) is 24.3 Å². The first-order valence-electron chi connectivity index (χ1n) is 8.88. The van der Waals surface area contributed by atoms with Crippen molar-refractivity contribution in [3.05, 3.63) is 72.6 Å². The van der Waals surface area contributed by atoms with E-state index in [4.69, 9.17) is 4.74 Å². The number of benzene rings is 2. The van der Waals surface area contributed by atoms with Crippen LogP contribution >= 0.6 is 11.8 Å². The van der Waals surface area contributed by atoms with Crippen molar-refractivity contribution in [2.24, 2.45) is 0 Å². The van der Waals surface area contributed by atoms with E-state index >= 15 is 0 Å². The molecule has 0 N–H and O–H groups in total. The van der Waals surface area contributed by atoms with Gasteiger partial charge in [-0.3, -0.25) is 9.69 Å². The molecule has 1 atom stereocenters. The molecule has 0 saturated heterocycles. The number of hydrogen-bond acceptors (Lipinski definition) is 6. The van der Waals surface area contributed by atoms with Crippen LogP contribution < -0.4 is 9.64 Å². The summed E-state index contributed by atoms with van der Waals surface area (Å²) >= 11 is 1.37. The van der Waals surface area contributed by atoms with Crippen molar-refractivity contribution in [3.8, 4) is 17.1 Å². The van der Waals surface area contributed by atoms with Gasteiger partial charge in [0.15, 0.2) is 5.69 Å². The van der Waals surface area contributed by atoms with Gasteiger partial charge in [-0.1, -0.05) is 48.2 Å². The Kier molecular flexibility index (Phi) is 5.26. The standard InChI is InChI=1S/C21H17FN4O2S/c1-3-12-29-21-23-19-18(24-25-21)16-6-4-5-7-17(16)26(13(2)27)20(28-19)14-8-10-15(22)11-9-14/h3-11,20H,1,12H2,2H3. The van der Waals surface area contributed by atoms with Gasteiger partial charge in [0.1, 0.15) is 5.82 Å². The number of carbonyl (C=O) groups excluding carboxylic acids is 1. The van der Waals surface area contributed by atoms with Gasteiger partial charge >= 0.3 is 0 Å². The molecule has 1 unspecified atom stereocenters. The van der Waals surface area contributed by atoms with Gasteiger partial charge in [-0.05, 0) is 18.2 Å². The molecule has 0 bridgehead atoms. The van der Waals surface area contributed by atoms with Crippen molar-refractivity contribution in [1.29, 1.82) is 0 Å². The lowest BCUT2D eigenvalue weighted by Gasteiger charge is -2.29. The highest BCUT2D eigenvalue weighted by Crippen LogP contribution is 2.43. The maximum Gasteiger partial charge on any atom is 0.247 e. The number of fused-ring (bicyclic) bond motifs is 3. The second-order valence-electron chi connectivity index (χ2n) is 6.28. The molecular weight excluding hydrogens is 391 g/mol. The van der Waals surface area contributed by atoms with Crippen LogP contribution in [0.2, 0.25) is 0 Å². The summed E-state index contributed by atoms with van der Waals surface area (Å²) < 4.78 is 19.7. The van der Waals surface area contributed by atoms with Crippen molar-refractivity contribution in [1.82, 2.24) is 15.2 Å². The summed E-state index contributed by atoms with van der Waals surface area (Å²) in [5.74, 6) is 0.286. The quantitative estimate of drug-likeness (QED) is 0.471. The summed E-state index contributed by atoms with van der Waals surface area (Å²) in [6.45, 7) is 5.15. The number of para-hydroxylation sites is 1. The molecule has 6 nitrogen and oxygen atoms in total. The van der Waals surface area contributed by atoms with Gasteiger partial charge in [0, 0.05) is 23.8 Å². The van der Waals surface area contributed by atoms with Crippen LogP contribution in [0.3, 0.4) is 0 Å². The monoisotopic (exact) mass is 408 g/mol. The highest BCUT2D eigenvalue weighted by molar-refractivity contribution is 7.99. The lowest BCUT2D eigenvalue weighted by atomic mass is 10.1. The Morgan fingerprint density at radius 1 is 1.24 bits per heavy atom. The van der Waals surface area contributed by atoms with Gasteiger partial charge in [0.05, 0.1) is 5.69 Å². The molecule has 146 valence electrons. The summed E-state index contributed by atoms with van der Waals surface area (Å²) in [5, 5.41) is 8.93. The molecule has 2 heterocycles. The average molecular weight is 408 g/mol. The van der Waals surface area contributed by atoms with Crippen LogP contribution in [0.5, 0.6) is 5.88 Å². The van der Waals surface area contributed by atoms with Gasteiger partial charge in [-0.2, -0.15) is 4.98 Å². The van der Waals surface area contributed by atoms with E-state index in [0.717, 1.165) is 0 Å². The molecule has 8 heteroatoms. The maximum absolute atomic E-state index is 13.5. The van der Waals surface area contributed by atoms with E-state index in [1.54, 1.807) is 18.2 Å². The Balaban J connectivity index is 1.90. The van der Waals surface area contributed by atoms with E-state index in [1.165, 1.54) is 35.7 Å². The molecule has 0 fully saturated rings. The second kappa shape index (κ2) is 8.00. The summed E-state index contributed by atoms with van der Waals surface area (Å²) in [4.78, 5) is 18.6. The van der Waals surface area contributed by atoms with Crippen LogP contribution in [0.1, 0.15) is 18.7 Å². The number of carbonyl (C=O) groups is 1. The third-order valence-corrected chi connectivity index (χ3v) is 5.17. The molecule has 3 aromatic rings. The first-order chi connectivity index (χ1) is 14.1. The predicted octanol–water partition coefficient (Wildman–Crippen LogP) is 4.40. The Morgan fingerprint density at radius 2 is 2.00 bits per heavy atom. The van der Waals surface area contributed by atoms with Gasteiger partial charge in [0.2, 0.25) is 23.2 Å². The van der Waals surface area contributed by atoms with Gasteiger partial charge in [0.25, 0.3) is 0 Å². The van der Waals surface area contributed by atoms with E-state index in [9.17, 15) is 9.18 Å². The van der Waals surface area contributed by atoms with E-state index < -0.39 is 6.23 Å². The number of aromatic nitrogens is 3. The molecule has 1 aliphatic rings. The van der Waals surface area contributed by atoms with Crippen LogP contribution in [0.15, 0.2) is 66.3 Å². The molecule has 2 aromatic carbocycles. The molecular formula is C21H17FN4O2S. The van der Waals surface area contributed by atoms with E-state index in [-0.39, 0.29) is 17.6 Å². The van der Waals surface area contributed by atoms with E-state index in [0.29, 0.717) is 33.4 Å². The topological polar surface area (TPSA) is 68.2 Å². The molecule has 1 aliphatic heterocycles. The predicted molar refractivity (Wildman–Crippen MR) is 109 cm³/mol. The zero-order valence-electron chi connectivity index (χ0n) is 15.6. The number of halogens is 1. The molecule has 1 amide bonds. The minimum atomic E-state index is -0.829. The fourth-order valence-electron chi connectivity index (χ4n) is 3.09. The number of ether oxygens (including phenoxy) is 1. The van der Waals surface area contributed by atoms with E-state index in [2.05, 4.69) is 21.8 Å². The second-order valence-corrected chi connectivity index (χ2v) is 7.26. The molecule has 0 radical (unpaired) electrons. The number of nitrogens with zero attached hydrogens (tertiary/aromatic N) is 4. The maximum atomic E-state index is 13.5. The Bertz CT molecular complexity index is 1070. The first-order valence-corrected chi connectivity index (χ1v) is 9.87. The average Bonchev–Trinajstić information content (AvgIpc) is 2.87. The minimum absolute atomic E-state index is 0.228. The Hall–Kier alpha value is -3.26. The molecule has 1 aromatic heterocycles. The summed E-state index contributed by atoms with van der Waals surface area (Å²) in [5.41, 5.74) is 2.36. The highest BCUT2D eigenvalue weighted by Gasteiger charge is 2.34. The third kappa shape index (κ3) is 3.71. The van der Waals surface area contributed by atoms with Crippen molar-refractivity contribution in [2.45, 2.75) is 18.3 Å². The number of amides is 1. The largest absolute Gasteiger partial charge is 0.447 e. The van der Waals surface area contributed by atoms with Crippen LogP contribution in [0.25, 0.3) is 11.3 Å². The molecule has 4 rings (SSSR count). The molecule has 0 saturated carbocycles.